The van der Waals surface area contributed by atoms with Crippen LogP contribution in [-0.2, 0) is 19.4 Å². The average Bonchev–Trinajstić information content (AvgIpc) is 2.68. The van der Waals surface area contributed by atoms with E-state index in [9.17, 15) is 0 Å². The summed E-state index contributed by atoms with van der Waals surface area (Å²) in [4.78, 5) is 4.44. The molecular weight excluding hydrogens is 200 g/mol. The minimum atomic E-state index is 0.431. The minimum Gasteiger partial charge on any atom is -0.331 e. The van der Waals surface area contributed by atoms with Crippen molar-refractivity contribution in [3.8, 4) is 6.07 Å². The van der Waals surface area contributed by atoms with Crippen molar-refractivity contribution in [3.63, 3.8) is 0 Å². The van der Waals surface area contributed by atoms with E-state index in [4.69, 9.17) is 11.0 Å². The number of aromatic nitrogens is 2. The van der Waals surface area contributed by atoms with Gasteiger partial charge < -0.3 is 10.3 Å². The van der Waals surface area contributed by atoms with Gasteiger partial charge in [0, 0.05) is 13.0 Å². The Morgan fingerprint density at radius 2 is 2.38 bits per heavy atom. The van der Waals surface area contributed by atoms with Crippen LogP contribution in [-0.4, -0.2) is 16.1 Å². The van der Waals surface area contributed by atoms with Gasteiger partial charge in [0.05, 0.1) is 5.69 Å². The molecule has 0 fully saturated rings. The van der Waals surface area contributed by atoms with Crippen LogP contribution in [0.5, 0.6) is 0 Å². The Labute approximate surface area is 96.1 Å². The van der Waals surface area contributed by atoms with E-state index >= 15 is 0 Å². The van der Waals surface area contributed by atoms with Crippen LogP contribution in [0.15, 0.2) is 0 Å². The normalized spacial score (nSPS) is 16.6. The van der Waals surface area contributed by atoms with Gasteiger partial charge in [-0.05, 0) is 31.7 Å². The number of imidazole rings is 1. The fourth-order valence-corrected chi connectivity index (χ4v) is 2.26. The molecule has 0 saturated carbocycles. The van der Waals surface area contributed by atoms with E-state index in [0.29, 0.717) is 18.2 Å². The van der Waals surface area contributed by atoms with Gasteiger partial charge in [0.25, 0.3) is 0 Å². The molecule has 1 unspecified atom stereocenters. The van der Waals surface area contributed by atoms with Gasteiger partial charge in [-0.3, -0.25) is 0 Å². The summed E-state index contributed by atoms with van der Waals surface area (Å²) in [5.41, 5.74) is 7.39. The second-order valence-corrected chi connectivity index (χ2v) is 4.59. The van der Waals surface area contributed by atoms with E-state index in [1.807, 2.05) is 0 Å². The molecule has 1 atom stereocenters. The molecule has 86 valence electrons. The third-order valence-corrected chi connectivity index (χ3v) is 3.24. The molecule has 4 heteroatoms. The zero-order chi connectivity index (χ0) is 11.5. The maximum absolute atomic E-state index is 9.05. The molecule has 2 N–H and O–H groups in total. The standard InChI is InChI=1S/C12H18N4/c1-9(7-13)6-12-15-10(8-14)11-4-2-3-5-16(11)12/h9H,2-7,13H2,1H3. The molecule has 0 amide bonds. The van der Waals surface area contributed by atoms with Crippen molar-refractivity contribution in [3.05, 3.63) is 17.2 Å². The van der Waals surface area contributed by atoms with Crippen molar-refractivity contribution in [1.29, 1.82) is 5.26 Å². The van der Waals surface area contributed by atoms with Crippen LogP contribution in [0, 0.1) is 17.2 Å². The van der Waals surface area contributed by atoms with Gasteiger partial charge in [0.1, 0.15) is 11.9 Å². The van der Waals surface area contributed by atoms with E-state index in [1.54, 1.807) is 0 Å². The molecular formula is C12H18N4. The van der Waals surface area contributed by atoms with Gasteiger partial charge >= 0.3 is 0 Å². The van der Waals surface area contributed by atoms with Gasteiger partial charge in [0.2, 0.25) is 0 Å². The third-order valence-electron chi connectivity index (χ3n) is 3.24. The summed E-state index contributed by atoms with van der Waals surface area (Å²) in [6.45, 7) is 3.80. The minimum absolute atomic E-state index is 0.431. The Bertz CT molecular complexity index is 413. The van der Waals surface area contributed by atoms with Crippen LogP contribution >= 0.6 is 0 Å². The van der Waals surface area contributed by atoms with E-state index in [-0.39, 0.29) is 0 Å². The first-order valence-electron chi connectivity index (χ1n) is 5.94. The van der Waals surface area contributed by atoms with Crippen LogP contribution < -0.4 is 5.73 Å². The van der Waals surface area contributed by atoms with Crippen molar-refractivity contribution in [2.24, 2.45) is 11.7 Å². The SMILES string of the molecule is CC(CN)Cc1nc(C#N)c2n1CCCC2. The van der Waals surface area contributed by atoms with Gasteiger partial charge in [-0.2, -0.15) is 5.26 Å². The number of nitriles is 1. The fourth-order valence-electron chi connectivity index (χ4n) is 2.26. The highest BCUT2D eigenvalue weighted by molar-refractivity contribution is 5.30. The fraction of sp³-hybridized carbons (Fsp3) is 0.667. The number of nitrogens with two attached hydrogens (primary N) is 1. The summed E-state index contributed by atoms with van der Waals surface area (Å²) >= 11 is 0. The average molecular weight is 218 g/mol. The molecule has 0 radical (unpaired) electrons. The topological polar surface area (TPSA) is 67.6 Å². The molecule has 0 aliphatic carbocycles. The Balaban J connectivity index is 2.31. The lowest BCUT2D eigenvalue weighted by Crippen LogP contribution is -2.18. The van der Waals surface area contributed by atoms with Crippen molar-refractivity contribution in [2.45, 2.75) is 39.2 Å². The summed E-state index contributed by atoms with van der Waals surface area (Å²) in [5.74, 6) is 1.48. The van der Waals surface area contributed by atoms with E-state index in [2.05, 4.69) is 22.5 Å². The summed E-state index contributed by atoms with van der Waals surface area (Å²) < 4.78 is 2.23. The van der Waals surface area contributed by atoms with Gasteiger partial charge in [-0.25, -0.2) is 4.98 Å². The molecule has 2 heterocycles. The first-order chi connectivity index (χ1) is 7.76. The monoisotopic (exact) mass is 218 g/mol. The molecule has 1 aromatic heterocycles. The maximum Gasteiger partial charge on any atom is 0.161 e. The highest BCUT2D eigenvalue weighted by Crippen LogP contribution is 2.21. The smallest absolute Gasteiger partial charge is 0.161 e. The van der Waals surface area contributed by atoms with Crippen LogP contribution in [0.4, 0.5) is 0 Å². The van der Waals surface area contributed by atoms with Crippen molar-refractivity contribution in [1.82, 2.24) is 9.55 Å². The number of fused-ring (bicyclic) bond motifs is 1. The maximum atomic E-state index is 9.05. The highest BCUT2D eigenvalue weighted by atomic mass is 15.1. The zero-order valence-corrected chi connectivity index (χ0v) is 9.74. The van der Waals surface area contributed by atoms with Crippen LogP contribution in [0.1, 0.15) is 37.0 Å². The zero-order valence-electron chi connectivity index (χ0n) is 9.74. The first-order valence-corrected chi connectivity index (χ1v) is 5.94. The van der Waals surface area contributed by atoms with Crippen LogP contribution in [0.3, 0.4) is 0 Å². The van der Waals surface area contributed by atoms with Crippen molar-refractivity contribution in [2.75, 3.05) is 6.54 Å². The summed E-state index contributed by atoms with van der Waals surface area (Å²) in [6, 6.07) is 2.20. The largest absolute Gasteiger partial charge is 0.331 e. The van der Waals surface area contributed by atoms with Crippen LogP contribution in [0.2, 0.25) is 0 Å². The predicted molar refractivity (Wildman–Crippen MR) is 61.8 cm³/mol. The van der Waals surface area contributed by atoms with Crippen LogP contribution in [0.25, 0.3) is 0 Å². The first kappa shape index (κ1) is 11.2. The Morgan fingerprint density at radius 1 is 1.56 bits per heavy atom. The summed E-state index contributed by atoms with van der Waals surface area (Å²) in [6.07, 6.45) is 4.24. The Morgan fingerprint density at radius 3 is 3.06 bits per heavy atom. The second-order valence-electron chi connectivity index (χ2n) is 4.59. The Hall–Kier alpha value is -1.34. The van der Waals surface area contributed by atoms with Gasteiger partial charge in [-0.15, -0.1) is 0 Å². The quantitative estimate of drug-likeness (QED) is 0.829. The molecule has 16 heavy (non-hydrogen) atoms. The molecule has 0 saturated heterocycles. The van der Waals surface area contributed by atoms with E-state index < -0.39 is 0 Å². The molecule has 1 aromatic rings. The van der Waals surface area contributed by atoms with E-state index in [0.717, 1.165) is 30.9 Å². The van der Waals surface area contributed by atoms with E-state index in [1.165, 1.54) is 12.8 Å². The molecule has 2 rings (SSSR count). The molecule has 0 aromatic carbocycles. The lowest BCUT2D eigenvalue weighted by Gasteiger charge is -2.17. The molecule has 1 aliphatic rings. The van der Waals surface area contributed by atoms with Gasteiger partial charge in [0.15, 0.2) is 5.69 Å². The predicted octanol–water partition coefficient (Wildman–Crippen LogP) is 1.23. The summed E-state index contributed by atoms with van der Waals surface area (Å²) in [7, 11) is 0. The lowest BCUT2D eigenvalue weighted by atomic mass is 10.1. The van der Waals surface area contributed by atoms with Crippen molar-refractivity contribution >= 4 is 0 Å². The van der Waals surface area contributed by atoms with Crippen molar-refractivity contribution < 1.29 is 0 Å². The van der Waals surface area contributed by atoms with Gasteiger partial charge in [-0.1, -0.05) is 6.92 Å². The number of hydrogen-bond donors (Lipinski definition) is 1. The summed E-state index contributed by atoms with van der Waals surface area (Å²) in [5, 5.41) is 9.05. The highest BCUT2D eigenvalue weighted by Gasteiger charge is 2.20. The number of hydrogen-bond acceptors (Lipinski definition) is 3. The third kappa shape index (κ3) is 1.96. The molecule has 4 nitrogen and oxygen atoms in total. The molecule has 0 spiro atoms. The second kappa shape index (κ2) is 4.67. The molecule has 0 bridgehead atoms. The lowest BCUT2D eigenvalue weighted by molar-refractivity contribution is 0.487. The Kier molecular flexibility index (Phi) is 3.25. The molecule has 1 aliphatic heterocycles. The number of rotatable bonds is 3. The number of nitrogens with zero attached hydrogens (tertiary/aromatic N) is 3.